The van der Waals surface area contributed by atoms with Crippen molar-refractivity contribution in [1.82, 2.24) is 19.9 Å². The first-order valence-corrected chi connectivity index (χ1v) is 12.7. The number of nitrogens with one attached hydrogen (secondary N) is 1. The minimum atomic E-state index is -0.0340. The van der Waals surface area contributed by atoms with E-state index in [1.54, 1.807) is 13.4 Å². The second kappa shape index (κ2) is 11.0. The topological polar surface area (TPSA) is 69.9 Å². The third-order valence-electron chi connectivity index (χ3n) is 5.42. The summed E-state index contributed by atoms with van der Waals surface area (Å²) in [4.78, 5) is 4.67. The van der Waals surface area contributed by atoms with Crippen LogP contribution in [0, 0.1) is 6.92 Å². The summed E-state index contributed by atoms with van der Waals surface area (Å²) in [7, 11) is 1.59. The highest BCUT2D eigenvalue weighted by atomic mass is 127. The Morgan fingerprint density at radius 2 is 2.22 bits per heavy atom. The molecular weight excluding hydrogens is 561 g/mol. The summed E-state index contributed by atoms with van der Waals surface area (Å²) in [5, 5.41) is 8.57. The first kappa shape index (κ1) is 24.2. The van der Waals surface area contributed by atoms with Gasteiger partial charge in [0.05, 0.1) is 30.5 Å². The maximum absolute atomic E-state index is 6.49. The smallest absolute Gasteiger partial charge is 0.372 e. The van der Waals surface area contributed by atoms with Crippen LogP contribution in [0.15, 0.2) is 30.7 Å². The molecular formula is C21H25BClIN4O3S. The lowest BCUT2D eigenvalue weighted by atomic mass is 9.91. The second-order valence-corrected chi connectivity index (χ2v) is 10.4. The van der Waals surface area contributed by atoms with Crippen LogP contribution in [0.1, 0.15) is 23.6 Å². The molecule has 0 radical (unpaired) electrons. The lowest BCUT2D eigenvalue weighted by Crippen LogP contribution is -2.44. The molecule has 1 aliphatic heterocycles. The van der Waals surface area contributed by atoms with Gasteiger partial charge in [0.1, 0.15) is 18.7 Å². The number of halogens is 2. The number of fused-ring (bicyclic) bond motifs is 1. The van der Waals surface area contributed by atoms with Crippen LogP contribution in [0.2, 0.25) is 5.02 Å². The zero-order valence-electron chi connectivity index (χ0n) is 18.2. The van der Waals surface area contributed by atoms with Crippen molar-refractivity contribution in [2.45, 2.75) is 38.8 Å². The summed E-state index contributed by atoms with van der Waals surface area (Å²) in [5.74, 6) is 0. The molecule has 1 saturated heterocycles. The van der Waals surface area contributed by atoms with Crippen molar-refractivity contribution in [3.05, 3.63) is 52.4 Å². The van der Waals surface area contributed by atoms with Gasteiger partial charge in [0, 0.05) is 36.3 Å². The molecule has 4 rings (SSSR count). The predicted octanol–water partition coefficient (Wildman–Crippen LogP) is 4.51. The molecule has 0 saturated carbocycles. The Labute approximate surface area is 211 Å². The fraction of sp³-hybridized carbons (Fsp3) is 0.429. The number of hydrogen-bond acceptors (Lipinski definition) is 7. The van der Waals surface area contributed by atoms with E-state index >= 15 is 0 Å². The Morgan fingerprint density at radius 1 is 1.38 bits per heavy atom. The Balaban J connectivity index is 1.70. The Hall–Kier alpha value is -0.885. The summed E-state index contributed by atoms with van der Waals surface area (Å²) in [6.45, 7) is 5.90. The van der Waals surface area contributed by atoms with Crippen molar-refractivity contribution in [2.24, 2.45) is 0 Å². The SMILES string of the molecule is COSOB(I)Cc1cc2c(-c3cc(Cl)cc(C)c3CC3CNCC(C)O3)ncnn2c1. The van der Waals surface area contributed by atoms with Crippen molar-refractivity contribution in [3.63, 3.8) is 0 Å². The van der Waals surface area contributed by atoms with E-state index in [1.807, 2.05) is 22.8 Å². The number of rotatable bonds is 8. The summed E-state index contributed by atoms with van der Waals surface area (Å²) >= 11 is 9.73. The van der Waals surface area contributed by atoms with Gasteiger partial charge in [-0.3, -0.25) is 4.18 Å². The molecule has 2 unspecified atom stereocenters. The molecule has 2 atom stereocenters. The molecule has 2 aromatic heterocycles. The summed E-state index contributed by atoms with van der Waals surface area (Å²) in [5.41, 5.74) is 6.26. The number of ether oxygens (including phenoxy) is 1. The molecule has 0 spiro atoms. The van der Waals surface area contributed by atoms with Gasteiger partial charge in [0.15, 0.2) is 0 Å². The quantitative estimate of drug-likeness (QED) is 0.237. The van der Waals surface area contributed by atoms with Gasteiger partial charge in [-0.1, -0.05) is 11.6 Å². The molecule has 1 aliphatic rings. The molecule has 1 N–H and O–H groups in total. The highest BCUT2D eigenvalue weighted by Crippen LogP contribution is 2.33. The molecule has 1 fully saturated rings. The summed E-state index contributed by atoms with van der Waals surface area (Å²) in [6.07, 6.45) is 5.42. The van der Waals surface area contributed by atoms with Gasteiger partial charge in [0.2, 0.25) is 0 Å². The van der Waals surface area contributed by atoms with Crippen LogP contribution < -0.4 is 5.32 Å². The van der Waals surface area contributed by atoms with Crippen molar-refractivity contribution in [3.8, 4) is 11.3 Å². The number of aryl methyl sites for hydroxylation is 1. The molecule has 3 heterocycles. The molecule has 0 aliphatic carbocycles. The Bertz CT molecular complexity index is 1090. The maximum atomic E-state index is 6.49. The number of aromatic nitrogens is 3. The first-order chi connectivity index (χ1) is 15.4. The first-order valence-electron chi connectivity index (χ1n) is 10.4. The number of morpholine rings is 1. The van der Waals surface area contributed by atoms with Crippen LogP contribution in [0.25, 0.3) is 16.8 Å². The molecule has 0 amide bonds. The molecule has 0 bridgehead atoms. The van der Waals surface area contributed by atoms with Gasteiger partial charge in [0.25, 0.3) is 0 Å². The number of benzene rings is 1. The molecule has 11 heteroatoms. The highest BCUT2D eigenvalue weighted by molar-refractivity contribution is 14.1. The van der Waals surface area contributed by atoms with Gasteiger partial charge in [-0.05, 0) is 55.1 Å². The van der Waals surface area contributed by atoms with Gasteiger partial charge in [-0.25, -0.2) is 9.50 Å². The predicted molar refractivity (Wildman–Crippen MR) is 138 cm³/mol. The van der Waals surface area contributed by atoms with Crippen LogP contribution in [0.5, 0.6) is 0 Å². The third-order valence-corrected chi connectivity index (χ3v) is 7.13. The monoisotopic (exact) mass is 586 g/mol. The van der Waals surface area contributed by atoms with Crippen LogP contribution in [0.3, 0.4) is 0 Å². The number of nitrogens with zero attached hydrogens (tertiary/aromatic N) is 3. The zero-order chi connectivity index (χ0) is 22.7. The fourth-order valence-electron chi connectivity index (χ4n) is 4.08. The molecule has 7 nitrogen and oxygen atoms in total. The maximum Gasteiger partial charge on any atom is 0.387 e. The van der Waals surface area contributed by atoms with Gasteiger partial charge in [-0.15, -0.1) is 22.4 Å². The average molecular weight is 587 g/mol. The average Bonchev–Trinajstić information content (AvgIpc) is 3.16. The molecule has 32 heavy (non-hydrogen) atoms. The van der Waals surface area contributed by atoms with E-state index in [1.165, 1.54) is 5.56 Å². The van der Waals surface area contributed by atoms with Crippen molar-refractivity contribution in [2.75, 3.05) is 20.2 Å². The van der Waals surface area contributed by atoms with Crippen LogP contribution in [-0.4, -0.2) is 51.8 Å². The van der Waals surface area contributed by atoms with E-state index < -0.39 is 0 Å². The largest absolute Gasteiger partial charge is 0.387 e. The minimum absolute atomic E-state index is 0.0340. The lowest BCUT2D eigenvalue weighted by Gasteiger charge is -2.30. The molecule has 3 aromatic rings. The summed E-state index contributed by atoms with van der Waals surface area (Å²) in [6, 6.07) is 6.12. The summed E-state index contributed by atoms with van der Waals surface area (Å²) < 4.78 is 18.5. The lowest BCUT2D eigenvalue weighted by molar-refractivity contribution is -0.0262. The van der Waals surface area contributed by atoms with Crippen LogP contribution in [0.4, 0.5) is 0 Å². The van der Waals surface area contributed by atoms with E-state index in [9.17, 15) is 0 Å². The van der Waals surface area contributed by atoms with E-state index in [-0.39, 0.29) is 17.0 Å². The second-order valence-electron chi connectivity index (χ2n) is 7.91. The van der Waals surface area contributed by atoms with Crippen LogP contribution in [-0.2, 0) is 25.8 Å². The number of hydrogen-bond donors (Lipinski definition) is 1. The van der Waals surface area contributed by atoms with Crippen LogP contribution >= 0.6 is 46.3 Å². The minimum Gasteiger partial charge on any atom is -0.372 e. The fourth-order valence-corrected chi connectivity index (χ4v) is 5.35. The third kappa shape index (κ3) is 5.78. The van der Waals surface area contributed by atoms with Crippen molar-refractivity contribution < 1.29 is 13.0 Å². The Kier molecular flexibility index (Phi) is 8.36. The van der Waals surface area contributed by atoms with Gasteiger partial charge >= 0.3 is 4.77 Å². The highest BCUT2D eigenvalue weighted by Gasteiger charge is 2.23. The molecule has 1 aromatic carbocycles. The molecule has 170 valence electrons. The van der Waals surface area contributed by atoms with E-state index in [4.69, 9.17) is 24.6 Å². The van der Waals surface area contributed by atoms with Gasteiger partial charge < -0.3 is 14.2 Å². The van der Waals surface area contributed by atoms with Crippen molar-refractivity contribution in [1.29, 1.82) is 0 Å². The Morgan fingerprint density at radius 3 is 3.00 bits per heavy atom. The van der Waals surface area contributed by atoms with Crippen molar-refractivity contribution >= 4 is 56.6 Å². The standard InChI is InChI=1S/C21H25BClIN4O3S/c1-13-4-16(23)6-19(18(13)7-17-10-25-9-14(2)30-17)21-20-5-15(8-22(24)31-32-29-3)11-28(20)27-12-26-21/h4-6,11-12,14,17,25H,7-10H2,1-3H3. The van der Waals surface area contributed by atoms with E-state index in [0.29, 0.717) is 5.02 Å². The van der Waals surface area contributed by atoms with E-state index in [0.717, 1.165) is 66.1 Å². The zero-order valence-corrected chi connectivity index (χ0v) is 21.9. The van der Waals surface area contributed by atoms with E-state index in [2.05, 4.69) is 57.7 Å². The van der Waals surface area contributed by atoms with Gasteiger partial charge in [-0.2, -0.15) is 5.10 Å². The normalized spacial score (nSPS) is 18.9.